The number of nitrogens with zero attached hydrogens (tertiary/aromatic N) is 1. The summed E-state index contributed by atoms with van der Waals surface area (Å²) in [7, 11) is 0. The van der Waals surface area contributed by atoms with Crippen LogP contribution < -0.4 is 5.32 Å². The van der Waals surface area contributed by atoms with Gasteiger partial charge in [0, 0.05) is 36.4 Å². The maximum absolute atomic E-state index is 13.5. The summed E-state index contributed by atoms with van der Waals surface area (Å²) < 4.78 is 26.6. The summed E-state index contributed by atoms with van der Waals surface area (Å²) in [5.74, 6) is -0.833. The minimum Gasteiger partial charge on any atom is -0.308 e. The SMILES string of the molecule is Fc1ccc(F)c(CNCc2cncc3ccccc23)c1. The van der Waals surface area contributed by atoms with Gasteiger partial charge in [-0.3, -0.25) is 4.98 Å². The summed E-state index contributed by atoms with van der Waals surface area (Å²) in [5, 5.41) is 5.31. The van der Waals surface area contributed by atoms with Crippen LogP contribution in [0.25, 0.3) is 10.8 Å². The van der Waals surface area contributed by atoms with E-state index in [0.717, 1.165) is 28.5 Å². The standard InChI is InChI=1S/C17H14F2N2/c18-15-5-6-17(19)13(7-15)9-21-11-14-10-20-8-12-3-1-2-4-16(12)14/h1-8,10,21H,9,11H2. The van der Waals surface area contributed by atoms with E-state index in [0.29, 0.717) is 12.1 Å². The van der Waals surface area contributed by atoms with Crippen molar-refractivity contribution >= 4 is 10.8 Å². The fourth-order valence-corrected chi connectivity index (χ4v) is 2.33. The lowest BCUT2D eigenvalue weighted by atomic mass is 10.1. The van der Waals surface area contributed by atoms with Crippen LogP contribution in [0.4, 0.5) is 8.78 Å². The van der Waals surface area contributed by atoms with Crippen molar-refractivity contribution in [2.24, 2.45) is 0 Å². The summed E-state index contributed by atoms with van der Waals surface area (Å²) >= 11 is 0. The molecule has 1 heterocycles. The normalized spacial score (nSPS) is 11.0. The van der Waals surface area contributed by atoms with E-state index >= 15 is 0 Å². The number of halogens is 2. The van der Waals surface area contributed by atoms with E-state index < -0.39 is 11.6 Å². The second-order valence-electron chi connectivity index (χ2n) is 4.86. The van der Waals surface area contributed by atoms with Crippen molar-refractivity contribution in [3.05, 3.63) is 77.6 Å². The number of nitrogens with one attached hydrogen (secondary N) is 1. The molecule has 0 fully saturated rings. The molecule has 2 aromatic carbocycles. The number of fused-ring (bicyclic) bond motifs is 1. The molecule has 21 heavy (non-hydrogen) atoms. The maximum atomic E-state index is 13.5. The van der Waals surface area contributed by atoms with E-state index in [-0.39, 0.29) is 6.54 Å². The van der Waals surface area contributed by atoms with E-state index in [1.807, 2.05) is 30.5 Å². The van der Waals surface area contributed by atoms with Gasteiger partial charge in [0.15, 0.2) is 0 Å². The first-order valence-corrected chi connectivity index (χ1v) is 6.70. The molecule has 3 aromatic rings. The first-order valence-electron chi connectivity index (χ1n) is 6.70. The lowest BCUT2D eigenvalue weighted by molar-refractivity contribution is 0.569. The van der Waals surface area contributed by atoms with Gasteiger partial charge in [0.1, 0.15) is 11.6 Å². The van der Waals surface area contributed by atoms with Gasteiger partial charge in [-0.15, -0.1) is 0 Å². The second-order valence-corrected chi connectivity index (χ2v) is 4.86. The van der Waals surface area contributed by atoms with Gasteiger partial charge < -0.3 is 5.32 Å². The molecule has 106 valence electrons. The first-order chi connectivity index (χ1) is 10.2. The predicted molar refractivity (Wildman–Crippen MR) is 78.6 cm³/mol. The number of aromatic nitrogens is 1. The highest BCUT2D eigenvalue weighted by atomic mass is 19.1. The molecule has 0 aliphatic carbocycles. The van der Waals surface area contributed by atoms with Gasteiger partial charge in [-0.05, 0) is 29.1 Å². The zero-order valence-corrected chi connectivity index (χ0v) is 11.3. The number of rotatable bonds is 4. The van der Waals surface area contributed by atoms with Crippen LogP contribution in [0.1, 0.15) is 11.1 Å². The Morgan fingerprint density at radius 1 is 0.905 bits per heavy atom. The predicted octanol–water partition coefficient (Wildman–Crippen LogP) is 3.80. The van der Waals surface area contributed by atoms with Crippen LogP contribution in [-0.4, -0.2) is 4.98 Å². The Balaban J connectivity index is 1.74. The van der Waals surface area contributed by atoms with Crippen molar-refractivity contribution in [1.82, 2.24) is 10.3 Å². The molecule has 0 unspecified atom stereocenters. The van der Waals surface area contributed by atoms with E-state index in [9.17, 15) is 8.78 Å². The lowest BCUT2D eigenvalue weighted by Crippen LogP contribution is -2.14. The van der Waals surface area contributed by atoms with Crippen LogP contribution in [0.15, 0.2) is 54.9 Å². The number of hydrogen-bond donors (Lipinski definition) is 1. The van der Waals surface area contributed by atoms with Crippen LogP contribution in [-0.2, 0) is 13.1 Å². The fourth-order valence-electron chi connectivity index (χ4n) is 2.33. The summed E-state index contributed by atoms with van der Waals surface area (Å²) in [6.07, 6.45) is 3.60. The zero-order valence-electron chi connectivity index (χ0n) is 11.3. The number of pyridine rings is 1. The van der Waals surface area contributed by atoms with Gasteiger partial charge in [0.2, 0.25) is 0 Å². The zero-order chi connectivity index (χ0) is 14.7. The van der Waals surface area contributed by atoms with Gasteiger partial charge in [-0.2, -0.15) is 0 Å². The summed E-state index contributed by atoms with van der Waals surface area (Å²) in [6, 6.07) is 11.4. The van der Waals surface area contributed by atoms with E-state index in [1.165, 1.54) is 6.07 Å². The third-order valence-corrected chi connectivity index (χ3v) is 3.39. The minimum absolute atomic E-state index is 0.271. The molecule has 0 saturated heterocycles. The average molecular weight is 284 g/mol. The molecular weight excluding hydrogens is 270 g/mol. The summed E-state index contributed by atoms with van der Waals surface area (Å²) in [4.78, 5) is 4.20. The molecule has 1 aromatic heterocycles. The maximum Gasteiger partial charge on any atom is 0.127 e. The van der Waals surface area contributed by atoms with Gasteiger partial charge in [-0.25, -0.2) is 8.78 Å². The van der Waals surface area contributed by atoms with Crippen molar-refractivity contribution < 1.29 is 8.78 Å². The largest absolute Gasteiger partial charge is 0.308 e. The highest BCUT2D eigenvalue weighted by Gasteiger charge is 2.05. The molecule has 0 bridgehead atoms. The Morgan fingerprint density at radius 3 is 2.62 bits per heavy atom. The molecule has 2 nitrogen and oxygen atoms in total. The molecule has 0 radical (unpaired) electrons. The van der Waals surface area contributed by atoms with Crippen LogP contribution in [0, 0.1) is 11.6 Å². The van der Waals surface area contributed by atoms with Gasteiger partial charge in [0.25, 0.3) is 0 Å². The fraction of sp³-hybridized carbons (Fsp3) is 0.118. The Bertz CT molecular complexity index is 766. The molecule has 0 atom stereocenters. The van der Waals surface area contributed by atoms with Crippen LogP contribution in [0.3, 0.4) is 0 Å². The van der Waals surface area contributed by atoms with Crippen molar-refractivity contribution in [2.75, 3.05) is 0 Å². The molecule has 0 aliphatic rings. The van der Waals surface area contributed by atoms with Gasteiger partial charge >= 0.3 is 0 Å². The third-order valence-electron chi connectivity index (χ3n) is 3.39. The summed E-state index contributed by atoms with van der Waals surface area (Å²) in [5.41, 5.74) is 1.35. The lowest BCUT2D eigenvalue weighted by Gasteiger charge is -2.08. The Morgan fingerprint density at radius 2 is 1.71 bits per heavy atom. The van der Waals surface area contributed by atoms with Crippen molar-refractivity contribution in [2.45, 2.75) is 13.1 Å². The first kappa shape index (κ1) is 13.6. The van der Waals surface area contributed by atoms with Crippen molar-refractivity contribution in [3.63, 3.8) is 0 Å². The van der Waals surface area contributed by atoms with E-state index in [2.05, 4.69) is 10.3 Å². The highest BCUT2D eigenvalue weighted by Crippen LogP contribution is 2.17. The molecule has 0 saturated carbocycles. The molecule has 0 spiro atoms. The Kier molecular flexibility index (Phi) is 3.88. The van der Waals surface area contributed by atoms with E-state index in [4.69, 9.17) is 0 Å². The van der Waals surface area contributed by atoms with E-state index in [1.54, 1.807) is 6.20 Å². The number of benzene rings is 2. The van der Waals surface area contributed by atoms with Crippen molar-refractivity contribution in [1.29, 1.82) is 0 Å². The van der Waals surface area contributed by atoms with Crippen LogP contribution in [0.5, 0.6) is 0 Å². The quantitative estimate of drug-likeness (QED) is 0.788. The highest BCUT2D eigenvalue weighted by molar-refractivity contribution is 5.84. The number of hydrogen-bond acceptors (Lipinski definition) is 2. The molecular formula is C17H14F2N2. The Hall–Kier alpha value is -2.33. The van der Waals surface area contributed by atoms with Crippen LogP contribution in [0.2, 0.25) is 0 Å². The topological polar surface area (TPSA) is 24.9 Å². The molecule has 4 heteroatoms. The van der Waals surface area contributed by atoms with Crippen LogP contribution >= 0.6 is 0 Å². The third kappa shape index (κ3) is 3.06. The monoisotopic (exact) mass is 284 g/mol. The van der Waals surface area contributed by atoms with Gasteiger partial charge in [0.05, 0.1) is 0 Å². The molecule has 3 rings (SSSR count). The minimum atomic E-state index is -0.431. The molecule has 1 N–H and O–H groups in total. The average Bonchev–Trinajstić information content (AvgIpc) is 2.51. The van der Waals surface area contributed by atoms with Gasteiger partial charge in [-0.1, -0.05) is 24.3 Å². The molecule has 0 amide bonds. The Labute approximate surface area is 121 Å². The summed E-state index contributed by atoms with van der Waals surface area (Å²) in [6.45, 7) is 0.817. The smallest absolute Gasteiger partial charge is 0.127 e. The molecule has 0 aliphatic heterocycles. The second kappa shape index (κ2) is 5.97. The van der Waals surface area contributed by atoms with Crippen molar-refractivity contribution in [3.8, 4) is 0 Å².